The molecule has 0 aromatic heterocycles. The molecule has 2 rings (SSSR count). The molecule has 1 saturated carbocycles. The molecular weight excluding hydrogens is 261 g/mol. The monoisotopic (exact) mass is 273 g/mol. The van der Waals surface area contributed by atoms with Gasteiger partial charge in [0.2, 0.25) is 0 Å². The van der Waals surface area contributed by atoms with E-state index in [9.17, 15) is 14.3 Å². The van der Waals surface area contributed by atoms with Gasteiger partial charge in [-0.05, 0) is 19.1 Å². The first-order chi connectivity index (χ1) is 8.24. The third-order valence-corrected chi connectivity index (χ3v) is 3.39. The van der Waals surface area contributed by atoms with Gasteiger partial charge in [-0.1, -0.05) is 17.7 Å². The van der Waals surface area contributed by atoms with E-state index in [1.165, 1.54) is 12.1 Å². The molecule has 0 unspecified atom stereocenters. The Labute approximate surface area is 108 Å². The zero-order valence-corrected chi connectivity index (χ0v) is 10.5. The van der Waals surface area contributed by atoms with Crippen LogP contribution in [-0.4, -0.2) is 21.9 Å². The summed E-state index contributed by atoms with van der Waals surface area (Å²) in [5, 5.41) is 21.2. The van der Waals surface area contributed by atoms with Gasteiger partial charge >= 0.3 is 6.09 Å². The van der Waals surface area contributed by atoms with Gasteiger partial charge in [0.05, 0.1) is 11.1 Å². The highest BCUT2D eigenvalue weighted by molar-refractivity contribution is 6.30. The van der Waals surface area contributed by atoms with Crippen molar-refractivity contribution in [3.8, 4) is 0 Å². The SMILES string of the molecule is C[C@]1(O)C[C@@](NC(=O)O)(c2ccc(Cl)cc2F)C1. The molecule has 0 atom stereocenters. The summed E-state index contributed by atoms with van der Waals surface area (Å²) in [6.45, 7) is 1.59. The van der Waals surface area contributed by atoms with Crippen LogP contribution >= 0.6 is 11.6 Å². The van der Waals surface area contributed by atoms with Gasteiger partial charge in [-0.2, -0.15) is 0 Å². The number of hydrogen-bond acceptors (Lipinski definition) is 2. The van der Waals surface area contributed by atoms with Crippen LogP contribution in [0.1, 0.15) is 25.3 Å². The van der Waals surface area contributed by atoms with Crippen molar-refractivity contribution in [1.82, 2.24) is 5.32 Å². The van der Waals surface area contributed by atoms with Gasteiger partial charge in [-0.25, -0.2) is 9.18 Å². The lowest BCUT2D eigenvalue weighted by Gasteiger charge is -2.51. The Bertz CT molecular complexity index is 496. The summed E-state index contributed by atoms with van der Waals surface area (Å²) in [6.07, 6.45) is -0.991. The van der Waals surface area contributed by atoms with Crippen molar-refractivity contribution < 1.29 is 19.4 Å². The summed E-state index contributed by atoms with van der Waals surface area (Å²) in [7, 11) is 0. The molecule has 1 amide bonds. The van der Waals surface area contributed by atoms with Crippen LogP contribution in [0.4, 0.5) is 9.18 Å². The van der Waals surface area contributed by atoms with E-state index in [0.717, 1.165) is 6.07 Å². The van der Waals surface area contributed by atoms with E-state index in [1.807, 2.05) is 0 Å². The first kappa shape index (κ1) is 13.1. The number of aliphatic hydroxyl groups is 1. The molecule has 0 aliphatic heterocycles. The van der Waals surface area contributed by atoms with Gasteiger partial charge < -0.3 is 15.5 Å². The lowest BCUT2D eigenvalue weighted by molar-refractivity contribution is -0.0869. The molecule has 3 N–H and O–H groups in total. The van der Waals surface area contributed by atoms with Crippen LogP contribution in [0.25, 0.3) is 0 Å². The Morgan fingerprint density at radius 2 is 2.11 bits per heavy atom. The van der Waals surface area contributed by atoms with Gasteiger partial charge in [0, 0.05) is 23.4 Å². The number of rotatable bonds is 2. The highest BCUT2D eigenvalue weighted by Crippen LogP contribution is 2.49. The van der Waals surface area contributed by atoms with Gasteiger partial charge in [-0.3, -0.25) is 0 Å². The second-order valence-electron chi connectivity index (χ2n) is 4.99. The Kier molecular flexibility index (Phi) is 2.99. The summed E-state index contributed by atoms with van der Waals surface area (Å²) < 4.78 is 13.9. The molecule has 1 fully saturated rings. The lowest BCUT2D eigenvalue weighted by atomic mass is 9.62. The maximum absolute atomic E-state index is 13.9. The van der Waals surface area contributed by atoms with Crippen molar-refractivity contribution in [2.45, 2.75) is 30.9 Å². The summed E-state index contributed by atoms with van der Waals surface area (Å²) in [5.74, 6) is -0.577. The lowest BCUT2D eigenvalue weighted by Crippen LogP contribution is -2.62. The van der Waals surface area contributed by atoms with Crippen LogP contribution in [0.2, 0.25) is 5.02 Å². The minimum Gasteiger partial charge on any atom is -0.465 e. The van der Waals surface area contributed by atoms with Crippen LogP contribution in [0.3, 0.4) is 0 Å². The number of carbonyl (C=O) groups is 1. The molecule has 1 aliphatic rings. The average molecular weight is 274 g/mol. The van der Waals surface area contributed by atoms with Gasteiger partial charge in [0.25, 0.3) is 0 Å². The quantitative estimate of drug-likeness (QED) is 0.775. The molecule has 6 heteroatoms. The first-order valence-corrected chi connectivity index (χ1v) is 5.81. The first-order valence-electron chi connectivity index (χ1n) is 5.43. The largest absolute Gasteiger partial charge is 0.465 e. The van der Waals surface area contributed by atoms with E-state index in [-0.39, 0.29) is 23.4 Å². The van der Waals surface area contributed by atoms with Crippen LogP contribution < -0.4 is 5.32 Å². The Morgan fingerprint density at radius 1 is 1.50 bits per heavy atom. The van der Waals surface area contributed by atoms with Crippen LogP contribution in [-0.2, 0) is 5.54 Å². The standard InChI is InChI=1S/C12H13ClFNO3/c1-11(18)5-12(6-11,15-10(16)17)8-3-2-7(13)4-9(8)14/h2-4,15,18H,5-6H2,1H3,(H,16,17)/t11-,12-. The van der Waals surface area contributed by atoms with Gasteiger partial charge in [-0.15, -0.1) is 0 Å². The molecule has 0 heterocycles. The van der Waals surface area contributed by atoms with Crippen molar-refractivity contribution >= 4 is 17.7 Å². The summed E-state index contributed by atoms with van der Waals surface area (Å²) in [4.78, 5) is 10.8. The molecule has 1 aromatic rings. The van der Waals surface area contributed by atoms with Crippen molar-refractivity contribution in [2.24, 2.45) is 0 Å². The number of amides is 1. The zero-order valence-electron chi connectivity index (χ0n) is 9.70. The number of hydrogen-bond donors (Lipinski definition) is 3. The molecule has 98 valence electrons. The molecule has 0 radical (unpaired) electrons. The van der Waals surface area contributed by atoms with E-state index in [4.69, 9.17) is 16.7 Å². The molecule has 0 saturated heterocycles. The normalized spacial score (nSPS) is 30.7. The second-order valence-corrected chi connectivity index (χ2v) is 5.42. The molecule has 18 heavy (non-hydrogen) atoms. The van der Waals surface area contributed by atoms with E-state index in [0.29, 0.717) is 0 Å². The van der Waals surface area contributed by atoms with E-state index in [2.05, 4.69) is 5.32 Å². The fraction of sp³-hybridized carbons (Fsp3) is 0.417. The van der Waals surface area contributed by atoms with E-state index < -0.39 is 23.1 Å². The third kappa shape index (κ3) is 2.28. The Hall–Kier alpha value is -1.33. The predicted octanol–water partition coefficient (Wildman–Crippen LogP) is 2.49. The van der Waals surface area contributed by atoms with Crippen LogP contribution in [0.15, 0.2) is 18.2 Å². The molecule has 1 aromatic carbocycles. The molecule has 1 aliphatic carbocycles. The van der Waals surface area contributed by atoms with Crippen molar-refractivity contribution in [2.75, 3.05) is 0 Å². The second kappa shape index (κ2) is 4.10. The number of carboxylic acid groups (broad SMARTS) is 1. The molecule has 0 spiro atoms. The van der Waals surface area contributed by atoms with Crippen LogP contribution in [0, 0.1) is 5.82 Å². The van der Waals surface area contributed by atoms with Crippen molar-refractivity contribution in [1.29, 1.82) is 0 Å². The fourth-order valence-electron chi connectivity index (χ4n) is 2.68. The minimum absolute atomic E-state index is 0.130. The summed E-state index contributed by atoms with van der Waals surface area (Å²) in [5.41, 5.74) is -1.86. The van der Waals surface area contributed by atoms with Crippen molar-refractivity contribution in [3.63, 3.8) is 0 Å². The predicted molar refractivity (Wildman–Crippen MR) is 64.1 cm³/mol. The highest BCUT2D eigenvalue weighted by atomic mass is 35.5. The van der Waals surface area contributed by atoms with Gasteiger partial charge in [0.15, 0.2) is 0 Å². The Balaban J connectivity index is 2.39. The summed E-state index contributed by atoms with van der Waals surface area (Å²) >= 11 is 5.66. The average Bonchev–Trinajstić information content (AvgIpc) is 2.12. The number of nitrogens with one attached hydrogen (secondary N) is 1. The summed E-state index contributed by atoms with van der Waals surface area (Å²) in [6, 6.07) is 4.08. The maximum Gasteiger partial charge on any atom is 0.405 e. The third-order valence-electron chi connectivity index (χ3n) is 3.16. The topological polar surface area (TPSA) is 69.6 Å². The highest BCUT2D eigenvalue weighted by Gasteiger charge is 2.54. The zero-order chi connectivity index (χ0) is 13.6. The fourth-order valence-corrected chi connectivity index (χ4v) is 2.84. The maximum atomic E-state index is 13.9. The van der Waals surface area contributed by atoms with E-state index in [1.54, 1.807) is 6.92 Å². The molecule has 0 bridgehead atoms. The molecular formula is C12H13ClFNO3. The number of halogens is 2. The van der Waals surface area contributed by atoms with Crippen molar-refractivity contribution in [3.05, 3.63) is 34.6 Å². The number of benzene rings is 1. The van der Waals surface area contributed by atoms with Crippen LogP contribution in [0.5, 0.6) is 0 Å². The minimum atomic E-state index is -1.25. The Morgan fingerprint density at radius 3 is 2.56 bits per heavy atom. The van der Waals surface area contributed by atoms with E-state index >= 15 is 0 Å². The molecule has 4 nitrogen and oxygen atoms in total. The smallest absolute Gasteiger partial charge is 0.405 e. The van der Waals surface area contributed by atoms with Gasteiger partial charge in [0.1, 0.15) is 5.82 Å².